The number of carbonyl (C=O) groups is 2. The average molecular weight is 359 g/mol. The van der Waals surface area contributed by atoms with Crippen molar-refractivity contribution in [1.29, 1.82) is 0 Å². The Morgan fingerprint density at radius 3 is 2.62 bits per heavy atom. The molecule has 1 aromatic carbocycles. The van der Waals surface area contributed by atoms with Crippen LogP contribution in [0.2, 0.25) is 0 Å². The van der Waals surface area contributed by atoms with Crippen molar-refractivity contribution < 1.29 is 18.8 Å². The van der Waals surface area contributed by atoms with Crippen molar-refractivity contribution >= 4 is 17.6 Å². The van der Waals surface area contributed by atoms with E-state index in [0.29, 0.717) is 31.2 Å². The van der Waals surface area contributed by atoms with Crippen molar-refractivity contribution in [1.82, 2.24) is 10.1 Å². The van der Waals surface area contributed by atoms with Crippen LogP contribution in [0, 0.1) is 6.92 Å². The van der Waals surface area contributed by atoms with E-state index in [1.165, 1.54) is 4.90 Å². The van der Waals surface area contributed by atoms with Gasteiger partial charge in [0.2, 0.25) is 11.8 Å². The molecule has 1 unspecified atom stereocenters. The van der Waals surface area contributed by atoms with Crippen LogP contribution in [0.5, 0.6) is 0 Å². The van der Waals surface area contributed by atoms with Crippen molar-refractivity contribution in [2.24, 2.45) is 0 Å². The number of rotatable bonds is 9. The summed E-state index contributed by atoms with van der Waals surface area (Å²) < 4.78 is 10.0. The Hall–Kier alpha value is -2.67. The fraction of sp³-hybridized carbons (Fsp3) is 0.421. The van der Waals surface area contributed by atoms with E-state index in [1.807, 2.05) is 37.3 Å². The van der Waals surface area contributed by atoms with Crippen LogP contribution in [0.1, 0.15) is 30.6 Å². The molecule has 0 saturated carbocycles. The van der Waals surface area contributed by atoms with E-state index >= 15 is 0 Å². The van der Waals surface area contributed by atoms with Gasteiger partial charge in [-0.1, -0.05) is 42.4 Å². The molecule has 0 fully saturated rings. The molecule has 1 atom stereocenters. The molecule has 0 aliphatic heterocycles. The first kappa shape index (κ1) is 19.7. The lowest BCUT2D eigenvalue weighted by Gasteiger charge is -2.26. The molecule has 0 spiro atoms. The number of aryl methyl sites for hydroxylation is 1. The fourth-order valence-electron chi connectivity index (χ4n) is 2.71. The Bertz CT molecular complexity index is 715. The van der Waals surface area contributed by atoms with Crippen molar-refractivity contribution in [2.75, 3.05) is 32.1 Å². The number of nitrogens with zero attached hydrogens (tertiary/aromatic N) is 2. The lowest BCUT2D eigenvalue weighted by molar-refractivity contribution is -0.136. The average Bonchev–Trinajstić information content (AvgIpc) is 3.04. The highest BCUT2D eigenvalue weighted by Gasteiger charge is 2.26. The standard InChI is InChI=1S/C19H25N3O4/c1-4-16(15-8-6-5-7-9-15)19(24)22(10-11-25-3)13-18(23)20-17-12-14(2)26-21-17/h5-9,12,16H,4,10-11,13H2,1-3H3,(H,20,21,23). The molecule has 26 heavy (non-hydrogen) atoms. The minimum absolute atomic E-state index is 0.0720. The van der Waals surface area contributed by atoms with Gasteiger partial charge < -0.3 is 19.5 Å². The first-order valence-corrected chi connectivity index (χ1v) is 8.61. The molecule has 7 nitrogen and oxygen atoms in total. The van der Waals surface area contributed by atoms with Gasteiger partial charge in [0.1, 0.15) is 12.3 Å². The molecule has 1 N–H and O–H groups in total. The second-order valence-corrected chi connectivity index (χ2v) is 6.00. The van der Waals surface area contributed by atoms with E-state index in [0.717, 1.165) is 5.56 Å². The summed E-state index contributed by atoms with van der Waals surface area (Å²) in [6.07, 6.45) is 0.649. The summed E-state index contributed by atoms with van der Waals surface area (Å²) in [6.45, 7) is 4.32. The fourth-order valence-corrected chi connectivity index (χ4v) is 2.71. The Morgan fingerprint density at radius 1 is 1.31 bits per heavy atom. The van der Waals surface area contributed by atoms with E-state index in [9.17, 15) is 9.59 Å². The zero-order valence-corrected chi connectivity index (χ0v) is 15.4. The summed E-state index contributed by atoms with van der Waals surface area (Å²) in [5, 5.41) is 6.38. The summed E-state index contributed by atoms with van der Waals surface area (Å²) in [6, 6.07) is 11.2. The van der Waals surface area contributed by atoms with E-state index in [4.69, 9.17) is 9.26 Å². The predicted octanol–water partition coefficient (Wildman–Crippen LogP) is 2.59. The Morgan fingerprint density at radius 2 is 2.04 bits per heavy atom. The van der Waals surface area contributed by atoms with Gasteiger partial charge in [-0.25, -0.2) is 0 Å². The number of methoxy groups -OCH3 is 1. The topological polar surface area (TPSA) is 84.7 Å². The summed E-state index contributed by atoms with van der Waals surface area (Å²) in [7, 11) is 1.56. The minimum Gasteiger partial charge on any atom is -0.383 e. The van der Waals surface area contributed by atoms with Crippen molar-refractivity contribution in [2.45, 2.75) is 26.2 Å². The van der Waals surface area contributed by atoms with Gasteiger partial charge in [-0.2, -0.15) is 0 Å². The maximum atomic E-state index is 13.0. The highest BCUT2D eigenvalue weighted by Crippen LogP contribution is 2.22. The number of hydrogen-bond donors (Lipinski definition) is 1. The quantitative estimate of drug-likeness (QED) is 0.744. The highest BCUT2D eigenvalue weighted by molar-refractivity contribution is 5.95. The minimum atomic E-state index is -0.328. The highest BCUT2D eigenvalue weighted by atomic mass is 16.5. The molecular formula is C19H25N3O4. The largest absolute Gasteiger partial charge is 0.383 e. The van der Waals surface area contributed by atoms with Gasteiger partial charge in [0.25, 0.3) is 0 Å². The van der Waals surface area contributed by atoms with Gasteiger partial charge in [-0.05, 0) is 18.9 Å². The number of aromatic nitrogens is 1. The zero-order valence-electron chi connectivity index (χ0n) is 15.4. The number of hydrogen-bond acceptors (Lipinski definition) is 5. The molecule has 2 rings (SSSR count). The first-order valence-electron chi connectivity index (χ1n) is 8.61. The van der Waals surface area contributed by atoms with Crippen LogP contribution in [-0.4, -0.2) is 48.7 Å². The molecule has 2 aromatic rings. The van der Waals surface area contributed by atoms with E-state index in [2.05, 4.69) is 10.5 Å². The number of benzene rings is 1. The van der Waals surface area contributed by atoms with Crippen LogP contribution in [0.25, 0.3) is 0 Å². The van der Waals surface area contributed by atoms with Gasteiger partial charge in [0, 0.05) is 19.7 Å². The van der Waals surface area contributed by atoms with Crippen molar-refractivity contribution in [3.8, 4) is 0 Å². The van der Waals surface area contributed by atoms with Crippen LogP contribution in [0.15, 0.2) is 40.9 Å². The third-order valence-electron chi connectivity index (χ3n) is 4.02. The molecule has 0 radical (unpaired) electrons. The molecule has 0 aliphatic carbocycles. The molecule has 1 heterocycles. The number of anilines is 1. The second-order valence-electron chi connectivity index (χ2n) is 6.00. The molecule has 1 aromatic heterocycles. The third-order valence-corrected chi connectivity index (χ3v) is 4.02. The number of carbonyl (C=O) groups excluding carboxylic acids is 2. The van der Waals surface area contributed by atoms with Crippen LogP contribution < -0.4 is 5.32 Å². The number of nitrogens with one attached hydrogen (secondary N) is 1. The van der Waals surface area contributed by atoms with Crippen LogP contribution in [-0.2, 0) is 14.3 Å². The molecule has 0 saturated heterocycles. The lowest BCUT2D eigenvalue weighted by atomic mass is 9.95. The van der Waals surface area contributed by atoms with Gasteiger partial charge >= 0.3 is 0 Å². The summed E-state index contributed by atoms with van der Waals surface area (Å²) in [4.78, 5) is 26.9. The number of amides is 2. The summed E-state index contributed by atoms with van der Waals surface area (Å²) in [5.41, 5.74) is 0.940. The maximum absolute atomic E-state index is 13.0. The smallest absolute Gasteiger partial charge is 0.245 e. The third kappa shape index (κ3) is 5.42. The normalized spacial score (nSPS) is 11.8. The van der Waals surface area contributed by atoms with Gasteiger partial charge in [0.15, 0.2) is 5.82 Å². The molecule has 140 valence electrons. The first-order chi connectivity index (χ1) is 12.5. The predicted molar refractivity (Wildman–Crippen MR) is 97.8 cm³/mol. The van der Waals surface area contributed by atoms with E-state index < -0.39 is 0 Å². The maximum Gasteiger partial charge on any atom is 0.245 e. The van der Waals surface area contributed by atoms with Gasteiger partial charge in [-0.3, -0.25) is 9.59 Å². The second kappa shape index (κ2) is 9.72. The van der Waals surface area contributed by atoms with Crippen molar-refractivity contribution in [3.63, 3.8) is 0 Å². The summed E-state index contributed by atoms with van der Waals surface area (Å²) >= 11 is 0. The molecule has 2 amide bonds. The Kier molecular flexibility index (Phi) is 7.35. The van der Waals surface area contributed by atoms with Crippen LogP contribution >= 0.6 is 0 Å². The Labute approximate surface area is 153 Å². The van der Waals surface area contributed by atoms with Crippen LogP contribution in [0.3, 0.4) is 0 Å². The lowest BCUT2D eigenvalue weighted by Crippen LogP contribution is -2.42. The SMILES string of the molecule is CCC(C(=O)N(CCOC)CC(=O)Nc1cc(C)on1)c1ccccc1. The summed E-state index contributed by atoms with van der Waals surface area (Å²) in [5.74, 6) is 0.215. The molecule has 0 aliphatic rings. The Balaban J connectivity index is 2.09. The van der Waals surface area contributed by atoms with E-state index in [1.54, 1.807) is 20.1 Å². The van der Waals surface area contributed by atoms with Crippen LogP contribution in [0.4, 0.5) is 5.82 Å². The van der Waals surface area contributed by atoms with Gasteiger partial charge in [0.05, 0.1) is 12.5 Å². The molecule has 7 heteroatoms. The molecule has 0 bridgehead atoms. The number of ether oxygens (including phenoxy) is 1. The van der Waals surface area contributed by atoms with Crippen molar-refractivity contribution in [3.05, 3.63) is 47.7 Å². The zero-order chi connectivity index (χ0) is 18.9. The molecular weight excluding hydrogens is 334 g/mol. The van der Waals surface area contributed by atoms with Gasteiger partial charge in [-0.15, -0.1) is 0 Å². The monoisotopic (exact) mass is 359 g/mol. The van der Waals surface area contributed by atoms with E-state index in [-0.39, 0.29) is 24.3 Å².